The van der Waals surface area contributed by atoms with Crippen molar-refractivity contribution in [1.82, 2.24) is 0 Å². The van der Waals surface area contributed by atoms with Crippen LogP contribution in [0.25, 0.3) is 0 Å². The number of carbonyl (C=O) groups excluding carboxylic acids is 1. The van der Waals surface area contributed by atoms with Crippen LogP contribution in [0.3, 0.4) is 0 Å². The van der Waals surface area contributed by atoms with Gasteiger partial charge in [-0.25, -0.2) is 9.18 Å². The minimum Gasteiger partial charge on any atom is -0.495 e. The summed E-state index contributed by atoms with van der Waals surface area (Å²) >= 11 is 5.66. The molecule has 0 saturated heterocycles. The molecule has 0 unspecified atom stereocenters. The number of urea groups is 1. The Morgan fingerprint density at radius 3 is 2.52 bits per heavy atom. The van der Waals surface area contributed by atoms with Gasteiger partial charge in [0.15, 0.2) is 0 Å². The standard InChI is InChI=1S/C15H14ClFN2O2/c1-9-3-6-14(21-2)13(7-9)19-15(20)18-12-5-4-10(16)8-11(12)17/h3-8H,1-2H3,(H2,18,19,20). The van der Waals surface area contributed by atoms with Crippen LogP contribution in [0.4, 0.5) is 20.6 Å². The molecule has 4 nitrogen and oxygen atoms in total. The van der Waals surface area contributed by atoms with Gasteiger partial charge in [0.05, 0.1) is 18.5 Å². The zero-order valence-corrected chi connectivity index (χ0v) is 12.3. The monoisotopic (exact) mass is 308 g/mol. The summed E-state index contributed by atoms with van der Waals surface area (Å²) < 4.78 is 18.8. The third kappa shape index (κ3) is 3.86. The molecule has 2 rings (SSSR count). The Morgan fingerprint density at radius 2 is 1.86 bits per heavy atom. The first kappa shape index (κ1) is 15.1. The van der Waals surface area contributed by atoms with Crippen LogP contribution < -0.4 is 15.4 Å². The van der Waals surface area contributed by atoms with Gasteiger partial charge >= 0.3 is 6.03 Å². The fraction of sp³-hybridized carbons (Fsp3) is 0.133. The van der Waals surface area contributed by atoms with Crippen molar-refractivity contribution in [3.8, 4) is 5.75 Å². The van der Waals surface area contributed by atoms with Crippen molar-refractivity contribution in [2.45, 2.75) is 6.92 Å². The third-order valence-electron chi connectivity index (χ3n) is 2.78. The first-order valence-electron chi connectivity index (χ1n) is 6.17. The highest BCUT2D eigenvalue weighted by Crippen LogP contribution is 2.25. The van der Waals surface area contributed by atoms with Crippen LogP contribution in [0.5, 0.6) is 5.75 Å². The molecule has 6 heteroatoms. The topological polar surface area (TPSA) is 50.4 Å². The maximum atomic E-state index is 13.6. The molecule has 110 valence electrons. The molecule has 2 aromatic rings. The largest absolute Gasteiger partial charge is 0.495 e. The molecule has 0 radical (unpaired) electrons. The van der Waals surface area contributed by atoms with Crippen molar-refractivity contribution >= 4 is 29.0 Å². The molecule has 0 aliphatic rings. The molecule has 0 saturated carbocycles. The summed E-state index contributed by atoms with van der Waals surface area (Å²) in [6.07, 6.45) is 0. The summed E-state index contributed by atoms with van der Waals surface area (Å²) in [5.41, 5.74) is 1.51. The van der Waals surface area contributed by atoms with E-state index in [1.807, 2.05) is 13.0 Å². The number of aryl methyl sites for hydroxylation is 1. The number of ether oxygens (including phenoxy) is 1. The summed E-state index contributed by atoms with van der Waals surface area (Å²) in [7, 11) is 1.51. The molecular weight excluding hydrogens is 295 g/mol. The van der Waals surface area contributed by atoms with E-state index < -0.39 is 11.8 Å². The van der Waals surface area contributed by atoms with Crippen LogP contribution in [-0.4, -0.2) is 13.1 Å². The molecule has 21 heavy (non-hydrogen) atoms. The van der Waals surface area contributed by atoms with Gasteiger partial charge in [-0.05, 0) is 42.8 Å². The second-order valence-corrected chi connectivity index (χ2v) is 4.84. The highest BCUT2D eigenvalue weighted by molar-refractivity contribution is 6.30. The SMILES string of the molecule is COc1ccc(C)cc1NC(=O)Nc1ccc(Cl)cc1F. The van der Waals surface area contributed by atoms with E-state index in [4.69, 9.17) is 16.3 Å². The number of carbonyl (C=O) groups is 1. The van der Waals surface area contributed by atoms with E-state index >= 15 is 0 Å². The first-order valence-corrected chi connectivity index (χ1v) is 6.55. The van der Waals surface area contributed by atoms with E-state index in [-0.39, 0.29) is 10.7 Å². The van der Waals surface area contributed by atoms with E-state index in [9.17, 15) is 9.18 Å². The van der Waals surface area contributed by atoms with Crippen LogP contribution in [0.2, 0.25) is 5.02 Å². The zero-order valence-electron chi connectivity index (χ0n) is 11.5. The fourth-order valence-corrected chi connectivity index (χ4v) is 1.95. The Morgan fingerprint density at radius 1 is 1.14 bits per heavy atom. The Hall–Kier alpha value is -2.27. The fourth-order valence-electron chi connectivity index (χ4n) is 1.79. The average molecular weight is 309 g/mol. The molecule has 0 aliphatic heterocycles. The van der Waals surface area contributed by atoms with Gasteiger partial charge in [-0.15, -0.1) is 0 Å². The lowest BCUT2D eigenvalue weighted by molar-refractivity contribution is 0.262. The minimum absolute atomic E-state index is 0.0449. The smallest absolute Gasteiger partial charge is 0.323 e. The second kappa shape index (κ2) is 6.45. The summed E-state index contributed by atoms with van der Waals surface area (Å²) in [6.45, 7) is 1.89. The Labute approximate surface area is 126 Å². The van der Waals surface area contributed by atoms with Crippen molar-refractivity contribution in [3.05, 3.63) is 52.8 Å². The van der Waals surface area contributed by atoms with Crippen molar-refractivity contribution in [2.75, 3.05) is 17.7 Å². The molecular formula is C15H14ClFN2O2. The third-order valence-corrected chi connectivity index (χ3v) is 3.02. The lowest BCUT2D eigenvalue weighted by atomic mass is 10.2. The molecule has 2 aromatic carbocycles. The molecule has 0 aromatic heterocycles. The maximum Gasteiger partial charge on any atom is 0.323 e. The van der Waals surface area contributed by atoms with E-state index in [1.54, 1.807) is 12.1 Å². The van der Waals surface area contributed by atoms with Crippen molar-refractivity contribution in [2.24, 2.45) is 0 Å². The van der Waals surface area contributed by atoms with E-state index in [0.29, 0.717) is 11.4 Å². The average Bonchev–Trinajstić information content (AvgIpc) is 2.42. The van der Waals surface area contributed by atoms with Crippen LogP contribution >= 0.6 is 11.6 Å². The summed E-state index contributed by atoms with van der Waals surface area (Å²) in [5, 5.41) is 5.30. The van der Waals surface area contributed by atoms with Crippen molar-refractivity contribution < 1.29 is 13.9 Å². The number of halogens is 2. The summed E-state index contributed by atoms with van der Waals surface area (Å²) in [5.74, 6) is -0.0822. The Balaban J connectivity index is 2.13. The van der Waals surface area contributed by atoms with Crippen LogP contribution in [0, 0.1) is 12.7 Å². The number of amides is 2. The number of hydrogen-bond acceptors (Lipinski definition) is 2. The lowest BCUT2D eigenvalue weighted by Gasteiger charge is -2.12. The second-order valence-electron chi connectivity index (χ2n) is 4.41. The van der Waals surface area contributed by atoms with Gasteiger partial charge in [0.25, 0.3) is 0 Å². The molecule has 2 N–H and O–H groups in total. The number of hydrogen-bond donors (Lipinski definition) is 2. The number of anilines is 2. The predicted molar refractivity (Wildman–Crippen MR) is 81.8 cm³/mol. The number of benzene rings is 2. The Bertz CT molecular complexity index is 677. The molecule has 0 aliphatic carbocycles. The van der Waals surface area contributed by atoms with E-state index in [0.717, 1.165) is 11.6 Å². The summed E-state index contributed by atoms with van der Waals surface area (Å²) in [6, 6.07) is 8.81. The first-order chi connectivity index (χ1) is 9.99. The van der Waals surface area contributed by atoms with Crippen LogP contribution in [0.15, 0.2) is 36.4 Å². The highest BCUT2D eigenvalue weighted by atomic mass is 35.5. The lowest BCUT2D eigenvalue weighted by Crippen LogP contribution is -2.20. The minimum atomic E-state index is -0.603. The van der Waals surface area contributed by atoms with Crippen molar-refractivity contribution in [3.63, 3.8) is 0 Å². The highest BCUT2D eigenvalue weighted by Gasteiger charge is 2.10. The van der Waals surface area contributed by atoms with Crippen LogP contribution in [-0.2, 0) is 0 Å². The number of nitrogens with one attached hydrogen (secondary N) is 2. The van der Waals surface area contributed by atoms with Gasteiger partial charge in [0, 0.05) is 5.02 Å². The quantitative estimate of drug-likeness (QED) is 0.880. The van der Waals surface area contributed by atoms with Gasteiger partial charge in [-0.3, -0.25) is 0 Å². The van der Waals surface area contributed by atoms with Gasteiger partial charge in [0.2, 0.25) is 0 Å². The zero-order chi connectivity index (χ0) is 15.4. The van der Waals surface area contributed by atoms with Gasteiger partial charge in [0.1, 0.15) is 11.6 Å². The molecule has 0 spiro atoms. The van der Waals surface area contributed by atoms with Gasteiger partial charge in [-0.2, -0.15) is 0 Å². The molecule has 2 amide bonds. The molecule has 0 heterocycles. The number of rotatable bonds is 3. The molecule has 0 fully saturated rings. The van der Waals surface area contributed by atoms with Gasteiger partial charge < -0.3 is 15.4 Å². The van der Waals surface area contributed by atoms with E-state index in [2.05, 4.69) is 10.6 Å². The van der Waals surface area contributed by atoms with Crippen molar-refractivity contribution in [1.29, 1.82) is 0 Å². The Kier molecular flexibility index (Phi) is 4.65. The number of methoxy groups -OCH3 is 1. The molecule has 0 atom stereocenters. The normalized spacial score (nSPS) is 10.1. The van der Waals surface area contributed by atoms with Crippen LogP contribution in [0.1, 0.15) is 5.56 Å². The summed E-state index contributed by atoms with van der Waals surface area (Å²) in [4.78, 5) is 11.9. The molecule has 0 bridgehead atoms. The van der Waals surface area contributed by atoms with Gasteiger partial charge in [-0.1, -0.05) is 17.7 Å². The maximum absolute atomic E-state index is 13.6. The predicted octanol–water partition coefficient (Wildman–Crippen LogP) is 4.44. The van der Waals surface area contributed by atoms with E-state index in [1.165, 1.54) is 19.2 Å².